The van der Waals surface area contributed by atoms with Crippen LogP contribution in [-0.4, -0.2) is 24.7 Å². The van der Waals surface area contributed by atoms with E-state index in [-0.39, 0.29) is 12.1 Å². The van der Waals surface area contributed by atoms with Gasteiger partial charge in [0.05, 0.1) is 18.8 Å². The number of benzene rings is 2. The summed E-state index contributed by atoms with van der Waals surface area (Å²) in [5.74, 6) is 0.103. The predicted molar refractivity (Wildman–Crippen MR) is 81.7 cm³/mol. The molecule has 24 heavy (non-hydrogen) atoms. The van der Waals surface area contributed by atoms with Gasteiger partial charge in [-0.15, -0.1) is 0 Å². The van der Waals surface area contributed by atoms with Gasteiger partial charge in [-0.25, -0.2) is 0 Å². The molecule has 128 valence electrons. The third kappa shape index (κ3) is 4.48. The summed E-state index contributed by atoms with van der Waals surface area (Å²) in [6, 6.07) is 10.6. The van der Waals surface area contributed by atoms with Gasteiger partial charge in [-0.05, 0) is 35.9 Å². The molecule has 1 unspecified atom stereocenters. The van der Waals surface area contributed by atoms with E-state index in [0.717, 1.165) is 12.1 Å². The molecule has 0 aliphatic carbocycles. The number of ether oxygens (including phenoxy) is 1. The number of hydrogen-bond acceptors (Lipinski definition) is 3. The molecule has 4 nitrogen and oxygen atoms in total. The van der Waals surface area contributed by atoms with Crippen LogP contribution in [0.4, 0.5) is 13.2 Å². The highest BCUT2D eigenvalue weighted by Gasteiger charge is 2.30. The monoisotopic (exact) mass is 339 g/mol. The number of carbonyl (C=O) groups excluding carboxylic acids is 1. The van der Waals surface area contributed by atoms with Gasteiger partial charge in [-0.2, -0.15) is 13.2 Å². The molecule has 0 spiro atoms. The first-order valence-electron chi connectivity index (χ1n) is 7.08. The van der Waals surface area contributed by atoms with Gasteiger partial charge in [0.2, 0.25) is 0 Å². The van der Waals surface area contributed by atoms with Crippen molar-refractivity contribution in [3.8, 4) is 5.75 Å². The van der Waals surface area contributed by atoms with Crippen molar-refractivity contribution >= 4 is 5.91 Å². The molecule has 2 N–H and O–H groups in total. The third-order valence-electron chi connectivity index (χ3n) is 3.41. The normalized spacial score (nSPS) is 12.5. The van der Waals surface area contributed by atoms with Crippen LogP contribution >= 0.6 is 0 Å². The van der Waals surface area contributed by atoms with E-state index in [1.807, 2.05) is 0 Å². The van der Waals surface area contributed by atoms with Crippen LogP contribution in [0.3, 0.4) is 0 Å². The zero-order chi connectivity index (χ0) is 17.7. The molecule has 0 saturated heterocycles. The van der Waals surface area contributed by atoms with E-state index < -0.39 is 23.8 Å². The van der Waals surface area contributed by atoms with Gasteiger partial charge in [0, 0.05) is 12.1 Å². The number of aliphatic hydroxyl groups excluding tert-OH is 1. The summed E-state index contributed by atoms with van der Waals surface area (Å²) in [4.78, 5) is 12.0. The van der Waals surface area contributed by atoms with Gasteiger partial charge in [0.1, 0.15) is 5.75 Å². The Kier molecular flexibility index (Phi) is 5.46. The molecule has 0 saturated carbocycles. The largest absolute Gasteiger partial charge is 0.497 e. The molecule has 2 aromatic rings. The molecule has 2 aromatic carbocycles. The fourth-order valence-electron chi connectivity index (χ4n) is 2.07. The number of methoxy groups -OCH3 is 1. The topological polar surface area (TPSA) is 58.6 Å². The molecule has 0 fully saturated rings. The molecule has 1 atom stereocenters. The van der Waals surface area contributed by atoms with Crippen LogP contribution < -0.4 is 10.1 Å². The zero-order valence-corrected chi connectivity index (χ0v) is 12.8. The lowest BCUT2D eigenvalue weighted by Gasteiger charge is -2.14. The van der Waals surface area contributed by atoms with Crippen molar-refractivity contribution < 1.29 is 27.8 Å². The van der Waals surface area contributed by atoms with Gasteiger partial charge in [-0.3, -0.25) is 4.79 Å². The highest BCUT2D eigenvalue weighted by atomic mass is 19.4. The van der Waals surface area contributed by atoms with Crippen molar-refractivity contribution in [1.29, 1.82) is 0 Å². The fourth-order valence-corrected chi connectivity index (χ4v) is 2.07. The summed E-state index contributed by atoms with van der Waals surface area (Å²) < 4.78 is 42.5. The van der Waals surface area contributed by atoms with E-state index in [1.165, 1.54) is 19.2 Å². The number of amides is 1. The number of alkyl halides is 3. The fraction of sp³-hybridized carbons (Fsp3) is 0.235. The molecular weight excluding hydrogens is 323 g/mol. The van der Waals surface area contributed by atoms with Crippen LogP contribution in [0.1, 0.15) is 27.6 Å². The third-order valence-corrected chi connectivity index (χ3v) is 3.41. The predicted octanol–water partition coefficient (Wildman–Crippen LogP) is 3.18. The Morgan fingerprint density at radius 1 is 1.21 bits per heavy atom. The molecule has 7 heteroatoms. The minimum Gasteiger partial charge on any atom is -0.497 e. The van der Waals surface area contributed by atoms with Gasteiger partial charge in [-0.1, -0.05) is 18.2 Å². The highest BCUT2D eigenvalue weighted by Crippen LogP contribution is 2.29. The number of hydrogen-bond donors (Lipinski definition) is 2. The molecule has 0 radical (unpaired) electrons. The summed E-state index contributed by atoms with van der Waals surface area (Å²) in [7, 11) is 1.48. The first kappa shape index (κ1) is 17.8. The van der Waals surface area contributed by atoms with Gasteiger partial charge in [0.25, 0.3) is 5.91 Å². The van der Waals surface area contributed by atoms with E-state index in [2.05, 4.69) is 5.32 Å². The van der Waals surface area contributed by atoms with Crippen LogP contribution in [0.5, 0.6) is 5.75 Å². The van der Waals surface area contributed by atoms with Gasteiger partial charge >= 0.3 is 6.18 Å². The lowest BCUT2D eigenvalue weighted by Crippen LogP contribution is -2.28. The van der Waals surface area contributed by atoms with Crippen molar-refractivity contribution in [2.24, 2.45) is 0 Å². The van der Waals surface area contributed by atoms with E-state index >= 15 is 0 Å². The second-order valence-electron chi connectivity index (χ2n) is 5.08. The molecular formula is C17H16F3NO3. The second kappa shape index (κ2) is 7.35. The first-order chi connectivity index (χ1) is 11.3. The Hall–Kier alpha value is -2.54. The quantitative estimate of drug-likeness (QED) is 0.880. The lowest BCUT2D eigenvalue weighted by atomic mass is 10.1. The summed E-state index contributed by atoms with van der Waals surface area (Å²) >= 11 is 0. The number of halogens is 3. The van der Waals surface area contributed by atoms with Crippen molar-refractivity contribution in [3.63, 3.8) is 0 Å². The molecule has 1 amide bonds. The maximum Gasteiger partial charge on any atom is 0.416 e. The van der Waals surface area contributed by atoms with E-state index in [1.54, 1.807) is 24.3 Å². The van der Waals surface area contributed by atoms with Crippen LogP contribution in [0, 0.1) is 0 Å². The number of nitrogens with one attached hydrogen (secondary N) is 1. The van der Waals surface area contributed by atoms with Crippen molar-refractivity contribution in [2.75, 3.05) is 13.7 Å². The molecule has 0 bridgehead atoms. The number of carbonyl (C=O) groups is 1. The van der Waals surface area contributed by atoms with Crippen molar-refractivity contribution in [3.05, 3.63) is 65.2 Å². The average Bonchev–Trinajstić information content (AvgIpc) is 2.58. The Morgan fingerprint density at radius 2 is 1.88 bits per heavy atom. The maximum absolute atomic E-state index is 12.5. The molecule has 0 heterocycles. The second-order valence-corrected chi connectivity index (χ2v) is 5.08. The summed E-state index contributed by atoms with van der Waals surface area (Å²) in [6.45, 7) is -0.124. The molecule has 2 rings (SSSR count). The Labute approximate surface area is 136 Å². The Balaban J connectivity index is 1.97. The van der Waals surface area contributed by atoms with E-state index in [4.69, 9.17) is 4.74 Å². The van der Waals surface area contributed by atoms with Crippen LogP contribution in [-0.2, 0) is 6.18 Å². The van der Waals surface area contributed by atoms with Crippen molar-refractivity contribution in [1.82, 2.24) is 5.32 Å². The summed E-state index contributed by atoms with van der Waals surface area (Å²) in [5, 5.41) is 12.5. The highest BCUT2D eigenvalue weighted by molar-refractivity contribution is 5.94. The Bertz CT molecular complexity index is 699. The van der Waals surface area contributed by atoms with Crippen molar-refractivity contribution in [2.45, 2.75) is 12.3 Å². The minimum absolute atomic E-state index is 0.124. The van der Waals surface area contributed by atoms with Crippen LogP contribution in [0.25, 0.3) is 0 Å². The smallest absolute Gasteiger partial charge is 0.416 e. The molecule has 0 aromatic heterocycles. The Morgan fingerprint density at radius 3 is 2.46 bits per heavy atom. The number of aliphatic hydroxyl groups is 1. The standard InChI is InChI=1S/C17H16F3NO3/c1-24-14-4-2-3-12(9-14)16(23)21-10-15(22)11-5-7-13(8-6-11)17(18,19)20/h2-9,15,22H,10H2,1H3,(H,21,23). The maximum atomic E-state index is 12.5. The lowest BCUT2D eigenvalue weighted by molar-refractivity contribution is -0.137. The van der Waals surface area contributed by atoms with Gasteiger partial charge in [0.15, 0.2) is 0 Å². The molecule has 0 aliphatic heterocycles. The zero-order valence-electron chi connectivity index (χ0n) is 12.8. The van der Waals surface area contributed by atoms with Gasteiger partial charge < -0.3 is 15.2 Å². The first-order valence-corrected chi connectivity index (χ1v) is 7.08. The van der Waals surface area contributed by atoms with E-state index in [0.29, 0.717) is 11.3 Å². The summed E-state index contributed by atoms with van der Waals surface area (Å²) in [6.07, 6.45) is -5.54. The molecule has 0 aliphatic rings. The van der Waals surface area contributed by atoms with E-state index in [9.17, 15) is 23.1 Å². The summed E-state index contributed by atoms with van der Waals surface area (Å²) in [5.41, 5.74) is -0.151. The minimum atomic E-state index is -4.43. The average molecular weight is 339 g/mol. The van der Waals surface area contributed by atoms with Crippen LogP contribution in [0.2, 0.25) is 0 Å². The van der Waals surface area contributed by atoms with Crippen LogP contribution in [0.15, 0.2) is 48.5 Å². The SMILES string of the molecule is COc1cccc(C(=O)NCC(O)c2ccc(C(F)(F)F)cc2)c1. The number of rotatable bonds is 5.